The van der Waals surface area contributed by atoms with E-state index >= 15 is 0 Å². The van der Waals surface area contributed by atoms with Gasteiger partial charge >= 0.3 is 0 Å². The van der Waals surface area contributed by atoms with E-state index < -0.39 is 17.7 Å². The molecule has 0 saturated carbocycles. The molecule has 0 aliphatic carbocycles. The Kier molecular flexibility index (Phi) is 4.55. The van der Waals surface area contributed by atoms with Gasteiger partial charge in [0.15, 0.2) is 0 Å². The highest BCUT2D eigenvalue weighted by Crippen LogP contribution is 2.38. The Bertz CT molecular complexity index is 880. The average Bonchev–Trinajstić information content (AvgIpc) is 2.86. The van der Waals surface area contributed by atoms with Crippen LogP contribution in [0.3, 0.4) is 0 Å². The van der Waals surface area contributed by atoms with Gasteiger partial charge < -0.3 is 14.9 Å². The standard InChI is InChI=1S/C21H22N2O3/c1-13-5-7-15(8-6-13)19(24)17-18(23(4)21(26)20(17)25)14-9-11-16(12-10-14)22(2)3/h5-12,18,24H,1-4H3. The predicted molar refractivity (Wildman–Crippen MR) is 102 cm³/mol. The Hall–Kier alpha value is -3.08. The number of aryl methyl sites for hydroxylation is 1. The molecular formula is C21H22N2O3. The number of carbonyl (C=O) groups is 2. The van der Waals surface area contributed by atoms with Crippen molar-refractivity contribution >= 4 is 23.1 Å². The van der Waals surface area contributed by atoms with Crippen molar-refractivity contribution in [1.82, 2.24) is 4.90 Å². The van der Waals surface area contributed by atoms with Crippen LogP contribution in [0, 0.1) is 6.92 Å². The molecule has 1 atom stereocenters. The van der Waals surface area contributed by atoms with Crippen molar-refractivity contribution in [2.45, 2.75) is 13.0 Å². The molecule has 1 aliphatic heterocycles. The average molecular weight is 350 g/mol. The molecule has 0 radical (unpaired) electrons. The van der Waals surface area contributed by atoms with E-state index in [1.54, 1.807) is 19.2 Å². The van der Waals surface area contributed by atoms with E-state index in [2.05, 4.69) is 0 Å². The zero-order chi connectivity index (χ0) is 19.0. The van der Waals surface area contributed by atoms with E-state index in [0.29, 0.717) is 5.56 Å². The molecule has 5 nitrogen and oxygen atoms in total. The first-order chi connectivity index (χ1) is 12.3. The van der Waals surface area contributed by atoms with Crippen LogP contribution in [0.5, 0.6) is 0 Å². The van der Waals surface area contributed by atoms with Gasteiger partial charge in [0.05, 0.1) is 11.6 Å². The summed E-state index contributed by atoms with van der Waals surface area (Å²) in [6, 6.07) is 14.2. The van der Waals surface area contributed by atoms with Crippen molar-refractivity contribution in [2.24, 2.45) is 0 Å². The number of hydrogen-bond acceptors (Lipinski definition) is 4. The van der Waals surface area contributed by atoms with Crippen molar-refractivity contribution in [1.29, 1.82) is 0 Å². The van der Waals surface area contributed by atoms with Gasteiger partial charge in [-0.2, -0.15) is 0 Å². The highest BCUT2D eigenvalue weighted by molar-refractivity contribution is 6.46. The van der Waals surface area contributed by atoms with Crippen LogP contribution in [0.2, 0.25) is 0 Å². The normalized spacial score (nSPS) is 19.1. The molecule has 1 aliphatic rings. The molecule has 1 saturated heterocycles. The number of benzene rings is 2. The van der Waals surface area contributed by atoms with E-state index in [0.717, 1.165) is 16.8 Å². The minimum atomic E-state index is -0.660. The lowest BCUT2D eigenvalue weighted by Gasteiger charge is -2.22. The quantitative estimate of drug-likeness (QED) is 0.525. The molecule has 134 valence electrons. The third-order valence-corrected chi connectivity index (χ3v) is 4.73. The molecule has 2 aromatic rings. The zero-order valence-corrected chi connectivity index (χ0v) is 15.4. The third kappa shape index (κ3) is 2.96. The summed E-state index contributed by atoms with van der Waals surface area (Å²) in [6.45, 7) is 1.95. The fraction of sp³-hybridized carbons (Fsp3) is 0.238. The monoisotopic (exact) mass is 350 g/mol. The number of nitrogens with zero attached hydrogens (tertiary/aromatic N) is 2. The first kappa shape index (κ1) is 17.7. The summed E-state index contributed by atoms with van der Waals surface area (Å²) >= 11 is 0. The Balaban J connectivity index is 2.11. The molecule has 0 spiro atoms. The molecule has 26 heavy (non-hydrogen) atoms. The van der Waals surface area contributed by atoms with E-state index in [1.165, 1.54) is 4.90 Å². The number of amides is 1. The fourth-order valence-electron chi connectivity index (χ4n) is 3.16. The summed E-state index contributed by atoms with van der Waals surface area (Å²) in [6.07, 6.45) is 0. The molecule has 1 unspecified atom stereocenters. The number of Topliss-reactive ketones (excluding diaryl/α,β-unsaturated/α-hetero) is 1. The van der Waals surface area contributed by atoms with E-state index in [-0.39, 0.29) is 11.3 Å². The smallest absolute Gasteiger partial charge is 0.295 e. The van der Waals surface area contributed by atoms with Crippen molar-refractivity contribution < 1.29 is 14.7 Å². The lowest BCUT2D eigenvalue weighted by molar-refractivity contribution is -0.139. The number of carbonyl (C=O) groups excluding carboxylic acids is 2. The second-order valence-corrected chi connectivity index (χ2v) is 6.76. The van der Waals surface area contributed by atoms with Gasteiger partial charge in [-0.25, -0.2) is 0 Å². The van der Waals surface area contributed by atoms with Crippen LogP contribution in [0.25, 0.3) is 5.76 Å². The second kappa shape index (κ2) is 6.67. The SMILES string of the molecule is Cc1ccc(C(O)=C2C(=O)C(=O)N(C)C2c2ccc(N(C)C)cc2)cc1. The van der Waals surface area contributed by atoms with Crippen molar-refractivity contribution in [3.8, 4) is 0 Å². The van der Waals surface area contributed by atoms with Crippen LogP contribution in [-0.2, 0) is 9.59 Å². The number of hydrogen-bond donors (Lipinski definition) is 1. The summed E-state index contributed by atoms with van der Waals surface area (Å²) < 4.78 is 0. The molecular weight excluding hydrogens is 328 g/mol. The molecule has 2 aromatic carbocycles. The van der Waals surface area contributed by atoms with E-state index in [4.69, 9.17) is 0 Å². The Morgan fingerprint density at radius 1 is 1.00 bits per heavy atom. The predicted octanol–water partition coefficient (Wildman–Crippen LogP) is 3.11. The molecule has 3 rings (SSSR count). The molecule has 1 amide bonds. The molecule has 5 heteroatoms. The first-order valence-electron chi connectivity index (χ1n) is 8.40. The first-order valence-corrected chi connectivity index (χ1v) is 8.40. The number of aliphatic hydroxyl groups excluding tert-OH is 1. The lowest BCUT2D eigenvalue weighted by atomic mass is 9.95. The molecule has 0 aromatic heterocycles. The maximum Gasteiger partial charge on any atom is 0.295 e. The Morgan fingerprint density at radius 2 is 1.58 bits per heavy atom. The summed E-state index contributed by atoms with van der Waals surface area (Å²) in [7, 11) is 5.47. The van der Waals surface area contributed by atoms with Gasteiger partial charge in [0.2, 0.25) is 0 Å². The Morgan fingerprint density at radius 3 is 2.12 bits per heavy atom. The van der Waals surface area contributed by atoms with Crippen molar-refractivity contribution in [2.75, 3.05) is 26.0 Å². The van der Waals surface area contributed by atoms with Crippen LogP contribution in [0.4, 0.5) is 5.69 Å². The summed E-state index contributed by atoms with van der Waals surface area (Å²) in [5.74, 6) is -1.41. The number of ketones is 1. The molecule has 0 bridgehead atoms. The van der Waals surface area contributed by atoms with Gasteiger partial charge in [-0.05, 0) is 24.6 Å². The van der Waals surface area contributed by atoms with Gasteiger partial charge in [-0.1, -0.05) is 42.0 Å². The third-order valence-electron chi connectivity index (χ3n) is 4.73. The van der Waals surface area contributed by atoms with Gasteiger partial charge in [-0.3, -0.25) is 9.59 Å². The van der Waals surface area contributed by atoms with E-state index in [1.807, 2.05) is 62.3 Å². The van der Waals surface area contributed by atoms with Gasteiger partial charge in [-0.15, -0.1) is 0 Å². The van der Waals surface area contributed by atoms with Crippen LogP contribution < -0.4 is 4.90 Å². The maximum absolute atomic E-state index is 12.5. The van der Waals surface area contributed by atoms with Crippen LogP contribution >= 0.6 is 0 Å². The fourth-order valence-corrected chi connectivity index (χ4v) is 3.16. The topological polar surface area (TPSA) is 60.9 Å². The van der Waals surface area contributed by atoms with Crippen LogP contribution in [0.15, 0.2) is 54.1 Å². The van der Waals surface area contributed by atoms with Crippen molar-refractivity contribution in [3.05, 3.63) is 70.8 Å². The number of likely N-dealkylation sites (N-methyl/N-ethyl adjacent to an activating group) is 1. The summed E-state index contributed by atoms with van der Waals surface area (Å²) in [5, 5.41) is 10.8. The number of rotatable bonds is 3. The second-order valence-electron chi connectivity index (χ2n) is 6.76. The van der Waals surface area contributed by atoms with Crippen LogP contribution in [0.1, 0.15) is 22.7 Å². The molecule has 1 heterocycles. The largest absolute Gasteiger partial charge is 0.507 e. The van der Waals surface area contributed by atoms with Gasteiger partial charge in [0, 0.05) is 32.4 Å². The van der Waals surface area contributed by atoms with E-state index in [9.17, 15) is 14.7 Å². The van der Waals surface area contributed by atoms with Gasteiger partial charge in [0.25, 0.3) is 11.7 Å². The highest BCUT2D eigenvalue weighted by atomic mass is 16.3. The Labute approximate surface area is 153 Å². The van der Waals surface area contributed by atoms with Crippen LogP contribution in [-0.4, -0.2) is 42.8 Å². The summed E-state index contributed by atoms with van der Waals surface area (Å²) in [4.78, 5) is 28.2. The summed E-state index contributed by atoms with van der Waals surface area (Å²) in [5.41, 5.74) is 3.50. The van der Waals surface area contributed by atoms with Crippen molar-refractivity contribution in [3.63, 3.8) is 0 Å². The number of aliphatic hydroxyl groups is 1. The molecule has 1 N–H and O–H groups in total. The maximum atomic E-state index is 12.5. The lowest BCUT2D eigenvalue weighted by Crippen LogP contribution is -2.24. The van der Waals surface area contributed by atoms with Gasteiger partial charge in [0.1, 0.15) is 5.76 Å². The molecule has 1 fully saturated rings. The zero-order valence-electron chi connectivity index (χ0n) is 15.4. The number of likely N-dealkylation sites (tertiary alicyclic amines) is 1. The number of anilines is 1. The minimum absolute atomic E-state index is 0.124. The minimum Gasteiger partial charge on any atom is -0.507 e. The highest BCUT2D eigenvalue weighted by Gasteiger charge is 2.44.